The molecular formula is C23H36N4O5. The van der Waals surface area contributed by atoms with Crippen molar-refractivity contribution in [3.05, 3.63) is 24.3 Å². The molecule has 9 heteroatoms. The highest BCUT2D eigenvalue weighted by molar-refractivity contribution is 5.77. The van der Waals surface area contributed by atoms with E-state index in [2.05, 4.69) is 10.2 Å². The molecule has 2 aliphatic heterocycles. The first-order valence-corrected chi connectivity index (χ1v) is 11.3. The summed E-state index contributed by atoms with van der Waals surface area (Å²) in [5, 5.41) is 2.97. The maximum atomic E-state index is 12.4. The Kier molecular flexibility index (Phi) is 8.99. The summed E-state index contributed by atoms with van der Waals surface area (Å²) >= 11 is 0. The quantitative estimate of drug-likeness (QED) is 0.615. The van der Waals surface area contributed by atoms with Crippen molar-refractivity contribution in [2.24, 2.45) is 0 Å². The predicted octanol–water partition coefficient (Wildman–Crippen LogP) is 1.43. The molecule has 0 aliphatic carbocycles. The fourth-order valence-electron chi connectivity index (χ4n) is 4.35. The van der Waals surface area contributed by atoms with Crippen LogP contribution in [0.1, 0.15) is 19.3 Å². The lowest BCUT2D eigenvalue weighted by Gasteiger charge is -2.38. The van der Waals surface area contributed by atoms with Gasteiger partial charge in [0.1, 0.15) is 11.5 Å². The Bertz CT molecular complexity index is 736. The molecule has 1 N–H and O–H groups in total. The van der Waals surface area contributed by atoms with Crippen molar-refractivity contribution in [1.29, 1.82) is 0 Å². The van der Waals surface area contributed by atoms with Crippen LogP contribution in [-0.4, -0.2) is 106 Å². The Morgan fingerprint density at radius 2 is 1.78 bits per heavy atom. The average molecular weight is 449 g/mol. The van der Waals surface area contributed by atoms with Crippen LogP contribution in [0.4, 0.5) is 4.79 Å². The molecule has 1 atom stereocenters. The van der Waals surface area contributed by atoms with Gasteiger partial charge in [-0.1, -0.05) is 0 Å². The van der Waals surface area contributed by atoms with Crippen molar-refractivity contribution in [3.63, 3.8) is 0 Å². The Labute approximate surface area is 190 Å². The van der Waals surface area contributed by atoms with Gasteiger partial charge in [0.25, 0.3) is 5.91 Å². The summed E-state index contributed by atoms with van der Waals surface area (Å²) < 4.78 is 16.2. The fourth-order valence-corrected chi connectivity index (χ4v) is 4.35. The Morgan fingerprint density at radius 1 is 1.09 bits per heavy atom. The number of carbonyl (C=O) groups excluding carboxylic acids is 2. The first-order chi connectivity index (χ1) is 15.5. The van der Waals surface area contributed by atoms with Crippen LogP contribution in [-0.2, 0) is 9.53 Å². The van der Waals surface area contributed by atoms with E-state index < -0.39 is 0 Å². The number of amides is 3. The molecule has 178 valence electrons. The molecule has 2 heterocycles. The molecule has 0 bridgehead atoms. The van der Waals surface area contributed by atoms with E-state index >= 15 is 0 Å². The van der Waals surface area contributed by atoms with Gasteiger partial charge in [-0.15, -0.1) is 0 Å². The fraction of sp³-hybridized carbons (Fsp3) is 0.652. The van der Waals surface area contributed by atoms with Crippen molar-refractivity contribution < 1.29 is 23.8 Å². The van der Waals surface area contributed by atoms with E-state index in [0.717, 1.165) is 57.9 Å². The third-order valence-corrected chi connectivity index (χ3v) is 6.07. The minimum Gasteiger partial charge on any atom is -0.497 e. The molecule has 0 radical (unpaired) electrons. The number of likely N-dealkylation sites (tertiary alicyclic amines) is 1. The number of nitrogens with one attached hydrogen (secondary N) is 1. The number of urea groups is 1. The SMILES string of the molecule is COc1ccc(OCC(=O)NCCN(C2CCOCC2)C2CCN(C(=O)N(C)C)C2)cc1. The second-order valence-corrected chi connectivity index (χ2v) is 8.46. The van der Waals surface area contributed by atoms with Crippen LogP contribution in [0.25, 0.3) is 0 Å². The third kappa shape index (κ3) is 6.74. The topological polar surface area (TPSA) is 83.6 Å². The van der Waals surface area contributed by atoms with E-state index in [4.69, 9.17) is 14.2 Å². The van der Waals surface area contributed by atoms with Gasteiger partial charge >= 0.3 is 6.03 Å². The maximum absolute atomic E-state index is 12.4. The maximum Gasteiger partial charge on any atom is 0.319 e. The van der Waals surface area contributed by atoms with E-state index in [1.165, 1.54) is 0 Å². The third-order valence-electron chi connectivity index (χ3n) is 6.07. The molecule has 32 heavy (non-hydrogen) atoms. The van der Waals surface area contributed by atoms with Crippen LogP contribution in [0.2, 0.25) is 0 Å². The van der Waals surface area contributed by atoms with Gasteiger partial charge in [0.05, 0.1) is 7.11 Å². The van der Waals surface area contributed by atoms with Crippen LogP contribution in [0.15, 0.2) is 24.3 Å². The summed E-state index contributed by atoms with van der Waals surface area (Å²) in [4.78, 5) is 30.6. The number of carbonyl (C=O) groups is 2. The molecule has 3 amide bonds. The summed E-state index contributed by atoms with van der Waals surface area (Å²) in [5.74, 6) is 1.22. The number of rotatable bonds is 9. The Balaban J connectivity index is 1.48. The zero-order chi connectivity index (χ0) is 22.9. The molecule has 1 aromatic rings. The Morgan fingerprint density at radius 3 is 2.44 bits per heavy atom. The summed E-state index contributed by atoms with van der Waals surface area (Å²) in [6.45, 7) is 4.27. The summed E-state index contributed by atoms with van der Waals surface area (Å²) in [5.41, 5.74) is 0. The minimum absolute atomic E-state index is 0.0296. The molecule has 0 aromatic heterocycles. The van der Waals surface area contributed by atoms with Gasteiger partial charge in [-0.2, -0.15) is 0 Å². The Hall–Kier alpha value is -2.52. The van der Waals surface area contributed by atoms with Crippen LogP contribution in [0, 0.1) is 0 Å². The van der Waals surface area contributed by atoms with Crippen molar-refractivity contribution in [1.82, 2.24) is 20.0 Å². The first kappa shape index (κ1) is 24.1. The summed E-state index contributed by atoms with van der Waals surface area (Å²) in [6, 6.07) is 7.92. The van der Waals surface area contributed by atoms with Gasteiger partial charge in [0, 0.05) is 65.6 Å². The largest absolute Gasteiger partial charge is 0.497 e. The van der Waals surface area contributed by atoms with Crippen LogP contribution < -0.4 is 14.8 Å². The standard InChI is InChI=1S/C23H36N4O5/c1-25(2)23(29)26-12-8-19(16-26)27(18-9-14-31-15-10-18)13-11-24-22(28)17-32-21-6-4-20(30-3)5-7-21/h4-7,18-19H,8-17H2,1-3H3,(H,24,28). The van der Waals surface area contributed by atoms with Gasteiger partial charge < -0.3 is 29.3 Å². The van der Waals surface area contributed by atoms with Gasteiger partial charge in [-0.3, -0.25) is 9.69 Å². The number of hydrogen-bond acceptors (Lipinski definition) is 6. The van der Waals surface area contributed by atoms with Gasteiger partial charge in [0.15, 0.2) is 6.61 Å². The summed E-state index contributed by atoms with van der Waals surface area (Å²) in [6.07, 6.45) is 2.91. The van der Waals surface area contributed by atoms with E-state index in [9.17, 15) is 9.59 Å². The highest BCUT2D eigenvalue weighted by Crippen LogP contribution is 2.23. The number of ether oxygens (including phenoxy) is 3. The lowest BCUT2D eigenvalue weighted by Crippen LogP contribution is -2.50. The van der Waals surface area contributed by atoms with Crippen LogP contribution in [0.3, 0.4) is 0 Å². The second kappa shape index (κ2) is 11.9. The minimum atomic E-state index is -0.149. The van der Waals surface area contributed by atoms with E-state index in [1.807, 2.05) is 4.90 Å². The molecule has 0 spiro atoms. The van der Waals surface area contributed by atoms with E-state index in [0.29, 0.717) is 24.4 Å². The molecule has 3 rings (SSSR count). The molecule has 1 unspecified atom stereocenters. The molecule has 1 aromatic carbocycles. The monoisotopic (exact) mass is 448 g/mol. The lowest BCUT2D eigenvalue weighted by atomic mass is 10.0. The zero-order valence-electron chi connectivity index (χ0n) is 19.4. The average Bonchev–Trinajstić information content (AvgIpc) is 3.30. The highest BCUT2D eigenvalue weighted by Gasteiger charge is 2.34. The molecule has 9 nitrogen and oxygen atoms in total. The predicted molar refractivity (Wildman–Crippen MR) is 121 cm³/mol. The number of hydrogen-bond donors (Lipinski definition) is 1. The van der Waals surface area contributed by atoms with Crippen molar-refractivity contribution in [2.45, 2.75) is 31.3 Å². The number of nitrogens with zero attached hydrogens (tertiary/aromatic N) is 3. The van der Waals surface area contributed by atoms with Crippen molar-refractivity contribution in [3.8, 4) is 11.5 Å². The highest BCUT2D eigenvalue weighted by atomic mass is 16.5. The van der Waals surface area contributed by atoms with Crippen molar-refractivity contribution in [2.75, 3.05) is 67.2 Å². The number of benzene rings is 1. The van der Waals surface area contributed by atoms with Gasteiger partial charge in [0.2, 0.25) is 0 Å². The van der Waals surface area contributed by atoms with E-state index in [-0.39, 0.29) is 18.5 Å². The molecule has 2 aliphatic rings. The molecule has 2 saturated heterocycles. The van der Waals surface area contributed by atoms with Gasteiger partial charge in [-0.25, -0.2) is 4.79 Å². The lowest BCUT2D eigenvalue weighted by molar-refractivity contribution is -0.123. The zero-order valence-corrected chi connectivity index (χ0v) is 19.4. The smallest absolute Gasteiger partial charge is 0.319 e. The van der Waals surface area contributed by atoms with Crippen LogP contribution in [0.5, 0.6) is 11.5 Å². The first-order valence-electron chi connectivity index (χ1n) is 11.3. The normalized spacial score (nSPS) is 19.1. The molecule has 0 saturated carbocycles. The summed E-state index contributed by atoms with van der Waals surface area (Å²) in [7, 11) is 5.18. The van der Waals surface area contributed by atoms with E-state index in [1.54, 1.807) is 50.4 Å². The second-order valence-electron chi connectivity index (χ2n) is 8.46. The van der Waals surface area contributed by atoms with Gasteiger partial charge in [-0.05, 0) is 43.5 Å². The molecule has 2 fully saturated rings. The number of methoxy groups -OCH3 is 1. The molecular weight excluding hydrogens is 412 g/mol. The van der Waals surface area contributed by atoms with Crippen molar-refractivity contribution >= 4 is 11.9 Å². The van der Waals surface area contributed by atoms with Crippen LogP contribution >= 0.6 is 0 Å².